The van der Waals surface area contributed by atoms with Crippen LogP contribution in [0.1, 0.15) is 16.1 Å². The van der Waals surface area contributed by atoms with Crippen LogP contribution in [-0.4, -0.2) is 71.3 Å². The SMILES string of the molecule is Cc1cn(C)nc1C(=O)N(CCN1CCOCC1)c1nc2ccc(OC(F)(F)F)cc2s1.Cl. The number of amides is 1. The molecular weight excluding hydrogens is 483 g/mol. The smallest absolute Gasteiger partial charge is 0.406 e. The monoisotopic (exact) mass is 505 g/mol. The Bertz CT molecular complexity index is 1110. The topological polar surface area (TPSA) is 72.7 Å². The summed E-state index contributed by atoms with van der Waals surface area (Å²) >= 11 is 1.14. The molecule has 1 aliphatic rings. The van der Waals surface area contributed by atoms with Gasteiger partial charge in [0.05, 0.1) is 23.4 Å². The van der Waals surface area contributed by atoms with Gasteiger partial charge in [0.1, 0.15) is 5.75 Å². The summed E-state index contributed by atoms with van der Waals surface area (Å²) in [5, 5.41) is 4.68. The van der Waals surface area contributed by atoms with Crippen molar-refractivity contribution in [2.75, 3.05) is 44.3 Å². The zero-order valence-electron chi connectivity index (χ0n) is 18.0. The average molecular weight is 506 g/mol. The molecule has 13 heteroatoms. The first-order chi connectivity index (χ1) is 15.2. The van der Waals surface area contributed by atoms with E-state index in [1.165, 1.54) is 18.2 Å². The van der Waals surface area contributed by atoms with Crippen molar-refractivity contribution in [3.63, 3.8) is 0 Å². The lowest BCUT2D eigenvalue weighted by molar-refractivity contribution is -0.274. The molecule has 33 heavy (non-hydrogen) atoms. The summed E-state index contributed by atoms with van der Waals surface area (Å²) in [5.74, 6) is -0.630. The Balaban J connectivity index is 0.00000306. The molecule has 180 valence electrons. The number of aromatic nitrogens is 3. The minimum atomic E-state index is -4.78. The van der Waals surface area contributed by atoms with Crippen molar-refractivity contribution < 1.29 is 27.4 Å². The van der Waals surface area contributed by atoms with Crippen molar-refractivity contribution in [2.45, 2.75) is 13.3 Å². The lowest BCUT2D eigenvalue weighted by atomic mass is 10.2. The highest BCUT2D eigenvalue weighted by Crippen LogP contribution is 2.34. The Morgan fingerprint density at radius 2 is 2.03 bits per heavy atom. The van der Waals surface area contributed by atoms with E-state index in [4.69, 9.17) is 4.74 Å². The number of morpholine rings is 1. The number of ether oxygens (including phenoxy) is 2. The van der Waals surface area contributed by atoms with Crippen LogP contribution in [0.15, 0.2) is 24.4 Å². The van der Waals surface area contributed by atoms with Crippen LogP contribution in [0.3, 0.4) is 0 Å². The maximum Gasteiger partial charge on any atom is 0.573 e. The van der Waals surface area contributed by atoms with E-state index in [1.54, 1.807) is 29.7 Å². The summed E-state index contributed by atoms with van der Waals surface area (Å²) in [4.78, 5) is 21.6. The summed E-state index contributed by atoms with van der Waals surface area (Å²) in [6.07, 6.45) is -3.02. The van der Waals surface area contributed by atoms with Crippen molar-refractivity contribution in [2.24, 2.45) is 7.05 Å². The van der Waals surface area contributed by atoms with Crippen molar-refractivity contribution in [1.82, 2.24) is 19.7 Å². The van der Waals surface area contributed by atoms with Crippen molar-refractivity contribution >= 4 is 45.0 Å². The molecule has 3 heterocycles. The molecule has 0 spiro atoms. The van der Waals surface area contributed by atoms with Crippen LogP contribution >= 0.6 is 23.7 Å². The molecule has 1 aliphatic heterocycles. The lowest BCUT2D eigenvalue weighted by Gasteiger charge is -2.29. The number of rotatable bonds is 6. The largest absolute Gasteiger partial charge is 0.573 e. The molecule has 0 unspecified atom stereocenters. The lowest BCUT2D eigenvalue weighted by Crippen LogP contribution is -2.43. The molecule has 3 aromatic rings. The number of carbonyl (C=O) groups excluding carboxylic acids is 1. The average Bonchev–Trinajstić information content (AvgIpc) is 3.29. The van der Waals surface area contributed by atoms with Gasteiger partial charge in [-0.1, -0.05) is 11.3 Å². The molecule has 0 bridgehead atoms. The van der Waals surface area contributed by atoms with Crippen LogP contribution in [-0.2, 0) is 11.8 Å². The minimum absolute atomic E-state index is 0. The Morgan fingerprint density at radius 3 is 2.67 bits per heavy atom. The molecule has 0 radical (unpaired) electrons. The Kier molecular flexibility index (Phi) is 7.83. The highest BCUT2D eigenvalue weighted by molar-refractivity contribution is 7.22. The van der Waals surface area contributed by atoms with Crippen LogP contribution in [0, 0.1) is 6.92 Å². The molecule has 8 nitrogen and oxygen atoms in total. The molecule has 1 fully saturated rings. The summed E-state index contributed by atoms with van der Waals surface area (Å²) < 4.78 is 49.2. The maximum atomic E-state index is 13.4. The van der Waals surface area contributed by atoms with Crippen LogP contribution in [0.25, 0.3) is 10.2 Å². The molecule has 2 aromatic heterocycles. The standard InChI is InChI=1S/C20H22F3N5O3S.ClH/c1-13-12-26(2)25-17(13)18(29)28(6-5-27-7-9-30-10-8-27)19-24-15-4-3-14(11-16(15)32-19)31-20(21,22)23;/h3-4,11-12H,5-10H2,1-2H3;1H. The van der Waals surface area contributed by atoms with E-state index in [0.29, 0.717) is 47.3 Å². The molecule has 0 atom stereocenters. The Morgan fingerprint density at radius 1 is 1.30 bits per heavy atom. The van der Waals surface area contributed by atoms with Crippen LogP contribution in [0.4, 0.5) is 18.3 Å². The van der Waals surface area contributed by atoms with Gasteiger partial charge in [-0.3, -0.25) is 19.3 Å². The van der Waals surface area contributed by atoms with E-state index in [0.717, 1.165) is 30.0 Å². The molecule has 4 rings (SSSR count). The van der Waals surface area contributed by atoms with E-state index in [1.807, 2.05) is 0 Å². The number of anilines is 1. The number of alkyl halides is 3. The second-order valence-electron chi connectivity index (χ2n) is 7.42. The number of halogens is 4. The second kappa shape index (κ2) is 10.2. The number of thiazole rings is 1. The van der Waals surface area contributed by atoms with Crippen molar-refractivity contribution in [1.29, 1.82) is 0 Å². The highest BCUT2D eigenvalue weighted by Gasteiger charge is 2.31. The maximum absolute atomic E-state index is 13.4. The summed E-state index contributed by atoms with van der Waals surface area (Å²) in [6.45, 7) is 5.58. The zero-order chi connectivity index (χ0) is 22.9. The molecule has 0 aliphatic carbocycles. The first-order valence-electron chi connectivity index (χ1n) is 9.98. The van der Waals surface area contributed by atoms with Crippen molar-refractivity contribution in [3.8, 4) is 5.75 Å². The fourth-order valence-electron chi connectivity index (χ4n) is 3.50. The molecule has 0 N–H and O–H groups in total. The molecular formula is C20H23ClF3N5O3S. The van der Waals surface area contributed by atoms with Crippen LogP contribution in [0.5, 0.6) is 5.75 Å². The van der Waals surface area contributed by atoms with Gasteiger partial charge in [-0.05, 0) is 19.1 Å². The van der Waals surface area contributed by atoms with Crippen LogP contribution < -0.4 is 9.64 Å². The number of carbonyl (C=O) groups is 1. The molecule has 1 saturated heterocycles. The second-order valence-corrected chi connectivity index (χ2v) is 8.43. The molecule has 1 amide bonds. The molecule has 1 aromatic carbocycles. The number of hydrogen-bond acceptors (Lipinski definition) is 7. The minimum Gasteiger partial charge on any atom is -0.406 e. The van der Waals surface area contributed by atoms with E-state index in [2.05, 4.69) is 19.7 Å². The predicted octanol–water partition coefficient (Wildman–Crippen LogP) is 3.64. The van der Waals surface area contributed by atoms with Gasteiger partial charge in [0.15, 0.2) is 10.8 Å². The summed E-state index contributed by atoms with van der Waals surface area (Å²) in [7, 11) is 1.74. The number of aryl methyl sites for hydroxylation is 2. The fourth-order valence-corrected chi connectivity index (χ4v) is 4.52. The Labute approximate surface area is 198 Å². The van der Waals surface area contributed by atoms with Gasteiger partial charge in [0.25, 0.3) is 5.91 Å². The third kappa shape index (κ3) is 6.14. The van der Waals surface area contributed by atoms with Crippen molar-refractivity contribution in [3.05, 3.63) is 35.7 Å². The van der Waals surface area contributed by atoms with E-state index < -0.39 is 6.36 Å². The zero-order valence-corrected chi connectivity index (χ0v) is 19.6. The van der Waals surface area contributed by atoms with E-state index in [-0.39, 0.29) is 24.1 Å². The normalized spacial score (nSPS) is 14.8. The summed E-state index contributed by atoms with van der Waals surface area (Å²) in [5.41, 5.74) is 1.53. The van der Waals surface area contributed by atoms with E-state index in [9.17, 15) is 18.0 Å². The molecule has 0 saturated carbocycles. The van der Waals surface area contributed by atoms with Gasteiger partial charge in [0, 0.05) is 51.1 Å². The van der Waals surface area contributed by atoms with Crippen LogP contribution in [0.2, 0.25) is 0 Å². The third-order valence-electron chi connectivity index (χ3n) is 5.02. The highest BCUT2D eigenvalue weighted by atomic mass is 35.5. The van der Waals surface area contributed by atoms with E-state index >= 15 is 0 Å². The fraction of sp³-hybridized carbons (Fsp3) is 0.450. The number of benzene rings is 1. The first-order valence-corrected chi connectivity index (χ1v) is 10.8. The number of nitrogens with zero attached hydrogens (tertiary/aromatic N) is 5. The van der Waals surface area contributed by atoms with Gasteiger partial charge in [0.2, 0.25) is 0 Å². The number of hydrogen-bond donors (Lipinski definition) is 0. The Hall–Kier alpha value is -2.41. The van der Waals surface area contributed by atoms with Gasteiger partial charge in [-0.25, -0.2) is 4.98 Å². The van der Waals surface area contributed by atoms with Gasteiger partial charge in [-0.2, -0.15) is 5.10 Å². The third-order valence-corrected chi connectivity index (χ3v) is 6.06. The summed E-state index contributed by atoms with van der Waals surface area (Å²) in [6, 6.07) is 3.94. The van der Waals surface area contributed by atoms with Gasteiger partial charge in [-0.15, -0.1) is 25.6 Å². The van der Waals surface area contributed by atoms with Gasteiger partial charge < -0.3 is 9.47 Å². The van der Waals surface area contributed by atoms with Gasteiger partial charge >= 0.3 is 6.36 Å². The number of fused-ring (bicyclic) bond motifs is 1. The quantitative estimate of drug-likeness (QED) is 0.509. The predicted molar refractivity (Wildman–Crippen MR) is 120 cm³/mol. The first kappa shape index (κ1) is 25.2.